The molecule has 1 heterocycles. The molecule has 0 unspecified atom stereocenters. The minimum Gasteiger partial charge on any atom is -0.508 e. The summed E-state index contributed by atoms with van der Waals surface area (Å²) < 4.78 is 2.02. The third-order valence-corrected chi connectivity index (χ3v) is 3.89. The fraction of sp³-hybridized carbons (Fsp3) is 0.167. The van der Waals surface area contributed by atoms with Gasteiger partial charge >= 0.3 is 5.97 Å². The van der Waals surface area contributed by atoms with E-state index in [0.29, 0.717) is 18.4 Å². The fourth-order valence-corrected chi connectivity index (χ4v) is 2.95. The van der Waals surface area contributed by atoms with Gasteiger partial charge in [0.2, 0.25) is 0 Å². The van der Waals surface area contributed by atoms with Crippen LogP contribution in [0.2, 0.25) is 0 Å². The third kappa shape index (κ3) is 2.33. The first kappa shape index (κ1) is 14.2. The van der Waals surface area contributed by atoms with Crippen LogP contribution in [0, 0.1) is 0 Å². The predicted octanol–water partition coefficient (Wildman–Crippen LogP) is 3.66. The molecular weight excluding hydrogens is 278 g/mol. The third-order valence-electron chi connectivity index (χ3n) is 3.89. The number of fused-ring (bicyclic) bond motifs is 1. The van der Waals surface area contributed by atoms with E-state index in [1.165, 1.54) is 6.07 Å². The Morgan fingerprint density at radius 2 is 1.86 bits per heavy atom. The molecule has 3 aromatic rings. The first-order valence-corrected chi connectivity index (χ1v) is 7.23. The predicted molar refractivity (Wildman–Crippen MR) is 85.5 cm³/mol. The summed E-state index contributed by atoms with van der Waals surface area (Å²) in [4.78, 5) is 11.7. The lowest BCUT2D eigenvalue weighted by Crippen LogP contribution is -2.07. The lowest BCUT2D eigenvalue weighted by Gasteiger charge is -2.10. The lowest BCUT2D eigenvalue weighted by atomic mass is 10.1. The molecule has 4 nitrogen and oxygen atoms in total. The highest BCUT2D eigenvalue weighted by Crippen LogP contribution is 2.30. The molecule has 0 bridgehead atoms. The number of hydrogen-bond acceptors (Lipinski definition) is 2. The Morgan fingerprint density at radius 1 is 1.14 bits per heavy atom. The van der Waals surface area contributed by atoms with Gasteiger partial charge in [-0.3, -0.25) is 0 Å². The molecule has 22 heavy (non-hydrogen) atoms. The van der Waals surface area contributed by atoms with Crippen LogP contribution in [0.4, 0.5) is 0 Å². The average Bonchev–Trinajstić information content (AvgIpc) is 2.81. The Hall–Kier alpha value is -2.75. The summed E-state index contributed by atoms with van der Waals surface area (Å²) in [6, 6.07) is 14.8. The van der Waals surface area contributed by atoms with Crippen LogP contribution in [-0.4, -0.2) is 20.7 Å². The number of phenols is 1. The molecule has 0 amide bonds. The first-order valence-electron chi connectivity index (χ1n) is 7.23. The van der Waals surface area contributed by atoms with Crippen molar-refractivity contribution < 1.29 is 15.0 Å². The van der Waals surface area contributed by atoms with Crippen molar-refractivity contribution >= 4 is 16.9 Å². The summed E-state index contributed by atoms with van der Waals surface area (Å²) in [6.07, 6.45) is 0.615. The topological polar surface area (TPSA) is 62.5 Å². The molecule has 2 N–H and O–H groups in total. The summed E-state index contributed by atoms with van der Waals surface area (Å²) in [6.45, 7) is 2.56. The second kappa shape index (κ2) is 5.56. The monoisotopic (exact) mass is 295 g/mol. The number of carboxylic acid groups (broad SMARTS) is 1. The molecule has 0 radical (unpaired) electrons. The molecule has 0 aliphatic carbocycles. The van der Waals surface area contributed by atoms with Crippen LogP contribution in [0.25, 0.3) is 10.9 Å². The molecule has 0 fully saturated rings. The van der Waals surface area contributed by atoms with Crippen molar-refractivity contribution in [1.82, 2.24) is 4.57 Å². The van der Waals surface area contributed by atoms with Gasteiger partial charge < -0.3 is 14.8 Å². The number of rotatable bonds is 4. The number of phenolic OH excluding ortho intramolecular Hbond substituents is 1. The van der Waals surface area contributed by atoms with Crippen LogP contribution in [-0.2, 0) is 13.0 Å². The van der Waals surface area contributed by atoms with E-state index >= 15 is 0 Å². The molecule has 3 rings (SSSR count). The number of aromatic carboxylic acids is 1. The molecule has 0 aliphatic rings. The number of nitrogens with zero attached hydrogens (tertiary/aromatic N) is 1. The Labute approximate surface area is 128 Å². The normalized spacial score (nSPS) is 11.0. The number of aromatic hydroxyl groups is 1. The average molecular weight is 295 g/mol. The zero-order chi connectivity index (χ0) is 15.7. The summed E-state index contributed by atoms with van der Waals surface area (Å²) in [5.41, 5.74) is 3.00. The summed E-state index contributed by atoms with van der Waals surface area (Å²) in [5.74, 6) is -0.881. The van der Waals surface area contributed by atoms with Crippen LogP contribution in [0.1, 0.15) is 28.5 Å². The van der Waals surface area contributed by atoms with E-state index in [1.807, 2.05) is 41.8 Å². The SMILES string of the molecule is CCc1c(C(=O)O)c2cc(O)ccc2n1Cc1ccccc1. The van der Waals surface area contributed by atoms with Crippen LogP contribution in [0.3, 0.4) is 0 Å². The summed E-state index contributed by atoms with van der Waals surface area (Å²) in [7, 11) is 0. The number of carbonyl (C=O) groups is 1. The zero-order valence-corrected chi connectivity index (χ0v) is 12.3. The standard InChI is InChI=1S/C18H17NO3/c1-2-15-17(18(21)22)14-10-13(20)8-9-16(14)19(15)11-12-6-4-3-5-7-12/h3-10,20H,2,11H2,1H3,(H,21,22). The molecule has 4 heteroatoms. The number of benzene rings is 2. The van der Waals surface area contributed by atoms with Gasteiger partial charge in [-0.1, -0.05) is 37.3 Å². The van der Waals surface area contributed by atoms with Crippen molar-refractivity contribution in [3.05, 3.63) is 65.4 Å². The Kier molecular flexibility index (Phi) is 3.59. The van der Waals surface area contributed by atoms with Crippen molar-refractivity contribution in [1.29, 1.82) is 0 Å². The second-order valence-corrected chi connectivity index (χ2v) is 5.25. The quantitative estimate of drug-likeness (QED) is 0.772. The van der Waals surface area contributed by atoms with E-state index in [4.69, 9.17) is 0 Å². The van der Waals surface area contributed by atoms with E-state index in [-0.39, 0.29) is 11.3 Å². The second-order valence-electron chi connectivity index (χ2n) is 5.25. The van der Waals surface area contributed by atoms with Crippen molar-refractivity contribution in [2.75, 3.05) is 0 Å². The van der Waals surface area contributed by atoms with Gasteiger partial charge in [0.25, 0.3) is 0 Å². The van der Waals surface area contributed by atoms with Gasteiger partial charge in [-0.05, 0) is 30.2 Å². The fourth-order valence-electron chi connectivity index (χ4n) is 2.95. The van der Waals surface area contributed by atoms with Crippen molar-refractivity contribution in [3.63, 3.8) is 0 Å². The van der Waals surface area contributed by atoms with E-state index in [0.717, 1.165) is 16.8 Å². The highest BCUT2D eigenvalue weighted by molar-refractivity contribution is 6.05. The highest BCUT2D eigenvalue weighted by Gasteiger charge is 2.21. The molecule has 112 valence electrons. The number of hydrogen-bond donors (Lipinski definition) is 2. The Morgan fingerprint density at radius 3 is 2.50 bits per heavy atom. The van der Waals surface area contributed by atoms with Crippen molar-refractivity contribution in [2.24, 2.45) is 0 Å². The molecule has 0 saturated heterocycles. The molecule has 0 saturated carbocycles. The number of carboxylic acids is 1. The van der Waals surface area contributed by atoms with Gasteiger partial charge in [0.15, 0.2) is 0 Å². The maximum absolute atomic E-state index is 11.7. The summed E-state index contributed by atoms with van der Waals surface area (Å²) in [5, 5.41) is 19.9. The van der Waals surface area contributed by atoms with Crippen molar-refractivity contribution in [2.45, 2.75) is 19.9 Å². The largest absolute Gasteiger partial charge is 0.508 e. The molecule has 0 spiro atoms. The maximum atomic E-state index is 11.7. The van der Waals surface area contributed by atoms with Crippen LogP contribution < -0.4 is 0 Å². The zero-order valence-electron chi connectivity index (χ0n) is 12.3. The van der Waals surface area contributed by atoms with Gasteiger partial charge in [-0.15, -0.1) is 0 Å². The minimum atomic E-state index is -0.959. The van der Waals surface area contributed by atoms with Gasteiger partial charge in [0.1, 0.15) is 5.75 Å². The number of aromatic nitrogens is 1. The van der Waals surface area contributed by atoms with Crippen LogP contribution in [0.15, 0.2) is 48.5 Å². The highest BCUT2D eigenvalue weighted by atomic mass is 16.4. The molecule has 1 aromatic heterocycles. The van der Waals surface area contributed by atoms with E-state index in [2.05, 4.69) is 0 Å². The van der Waals surface area contributed by atoms with E-state index in [1.54, 1.807) is 12.1 Å². The molecule has 2 aromatic carbocycles. The summed E-state index contributed by atoms with van der Waals surface area (Å²) >= 11 is 0. The van der Waals surface area contributed by atoms with Crippen LogP contribution >= 0.6 is 0 Å². The molecular formula is C18H17NO3. The van der Waals surface area contributed by atoms with Gasteiger partial charge in [0, 0.05) is 23.1 Å². The first-order chi connectivity index (χ1) is 10.6. The molecule has 0 aliphatic heterocycles. The van der Waals surface area contributed by atoms with Crippen molar-refractivity contribution in [3.8, 4) is 5.75 Å². The van der Waals surface area contributed by atoms with Gasteiger partial charge in [0.05, 0.1) is 5.56 Å². The lowest BCUT2D eigenvalue weighted by molar-refractivity contribution is 0.0697. The van der Waals surface area contributed by atoms with Gasteiger partial charge in [-0.2, -0.15) is 0 Å². The smallest absolute Gasteiger partial charge is 0.338 e. The minimum absolute atomic E-state index is 0.0783. The maximum Gasteiger partial charge on any atom is 0.338 e. The molecule has 0 atom stereocenters. The van der Waals surface area contributed by atoms with E-state index < -0.39 is 5.97 Å². The van der Waals surface area contributed by atoms with Crippen LogP contribution in [0.5, 0.6) is 5.75 Å². The van der Waals surface area contributed by atoms with Gasteiger partial charge in [-0.25, -0.2) is 4.79 Å². The van der Waals surface area contributed by atoms with E-state index in [9.17, 15) is 15.0 Å². The Bertz CT molecular complexity index is 834. The Balaban J connectivity index is 2.26.